The third kappa shape index (κ3) is 4.08. The lowest BCUT2D eigenvalue weighted by molar-refractivity contribution is -0.132. The number of carbonyl (C=O) groups is 1. The molecule has 1 atom stereocenters. The molecule has 1 saturated heterocycles. The highest BCUT2D eigenvalue weighted by Gasteiger charge is 2.30. The molecule has 5 heteroatoms. The summed E-state index contributed by atoms with van der Waals surface area (Å²) < 4.78 is 17.4. The minimum absolute atomic E-state index is 0.100. The van der Waals surface area contributed by atoms with Gasteiger partial charge in [0.1, 0.15) is 5.75 Å². The fourth-order valence-electron chi connectivity index (χ4n) is 3.91. The summed E-state index contributed by atoms with van der Waals surface area (Å²) in [6.07, 6.45) is 3.27. The van der Waals surface area contributed by atoms with Crippen LogP contribution >= 0.6 is 0 Å². The predicted molar refractivity (Wildman–Crippen MR) is 107 cm³/mol. The number of likely N-dealkylation sites (tertiary alicyclic amines) is 1. The van der Waals surface area contributed by atoms with Gasteiger partial charge in [-0.15, -0.1) is 0 Å². The quantitative estimate of drug-likeness (QED) is 0.775. The molecule has 0 bridgehead atoms. The summed E-state index contributed by atoms with van der Waals surface area (Å²) in [4.78, 5) is 14.8. The molecular formula is C23H27NO4. The van der Waals surface area contributed by atoms with Crippen molar-refractivity contribution < 1.29 is 19.0 Å². The normalized spacial score (nSPS) is 18.6. The Morgan fingerprint density at radius 1 is 1.11 bits per heavy atom. The Labute approximate surface area is 166 Å². The van der Waals surface area contributed by atoms with Crippen molar-refractivity contribution in [2.75, 3.05) is 26.4 Å². The number of amides is 1. The molecule has 28 heavy (non-hydrogen) atoms. The maximum atomic E-state index is 12.8. The van der Waals surface area contributed by atoms with E-state index in [1.165, 1.54) is 0 Å². The number of carbonyl (C=O) groups excluding carboxylic acids is 1. The number of benzene rings is 2. The van der Waals surface area contributed by atoms with E-state index in [-0.39, 0.29) is 11.9 Å². The Bertz CT molecular complexity index is 835. The van der Waals surface area contributed by atoms with Gasteiger partial charge in [-0.1, -0.05) is 24.3 Å². The van der Waals surface area contributed by atoms with Crippen LogP contribution in [-0.2, 0) is 4.79 Å². The summed E-state index contributed by atoms with van der Waals surface area (Å²) in [5.74, 6) is 2.57. The maximum absolute atomic E-state index is 12.8. The molecule has 0 aromatic heterocycles. The van der Waals surface area contributed by atoms with Gasteiger partial charge in [0.15, 0.2) is 11.5 Å². The van der Waals surface area contributed by atoms with E-state index >= 15 is 0 Å². The molecule has 0 N–H and O–H groups in total. The summed E-state index contributed by atoms with van der Waals surface area (Å²) in [5.41, 5.74) is 2.20. The van der Waals surface area contributed by atoms with Crippen molar-refractivity contribution in [3.8, 4) is 17.2 Å². The number of rotatable bonds is 5. The van der Waals surface area contributed by atoms with E-state index in [4.69, 9.17) is 14.2 Å². The highest BCUT2D eigenvalue weighted by atomic mass is 16.5. The Kier molecular flexibility index (Phi) is 5.70. The molecule has 0 radical (unpaired) electrons. The number of ether oxygens (including phenoxy) is 3. The van der Waals surface area contributed by atoms with Crippen LogP contribution in [0.2, 0.25) is 0 Å². The molecule has 2 aliphatic heterocycles. The first-order chi connectivity index (χ1) is 13.7. The second-order valence-corrected chi connectivity index (χ2v) is 7.37. The van der Waals surface area contributed by atoms with Crippen molar-refractivity contribution in [1.29, 1.82) is 0 Å². The van der Waals surface area contributed by atoms with Crippen molar-refractivity contribution >= 4 is 5.91 Å². The predicted octanol–water partition coefficient (Wildman–Crippen LogP) is 4.29. The highest BCUT2D eigenvalue weighted by Crippen LogP contribution is 2.38. The molecule has 2 aliphatic rings. The number of fused-ring (bicyclic) bond motifs is 1. The van der Waals surface area contributed by atoms with Crippen molar-refractivity contribution in [1.82, 2.24) is 4.90 Å². The van der Waals surface area contributed by atoms with Crippen LogP contribution in [0.15, 0.2) is 42.5 Å². The number of hydrogen-bond donors (Lipinski definition) is 0. The Morgan fingerprint density at radius 3 is 2.79 bits per heavy atom. The lowest BCUT2D eigenvalue weighted by atomic mass is 10.0. The molecule has 0 aliphatic carbocycles. The number of nitrogens with zero attached hydrogens (tertiary/aromatic N) is 1. The zero-order valence-electron chi connectivity index (χ0n) is 16.4. The van der Waals surface area contributed by atoms with Crippen LogP contribution in [0.4, 0.5) is 0 Å². The van der Waals surface area contributed by atoms with E-state index in [2.05, 4.69) is 6.07 Å². The second-order valence-electron chi connectivity index (χ2n) is 7.37. The van der Waals surface area contributed by atoms with Crippen molar-refractivity contribution in [3.63, 3.8) is 0 Å². The fraction of sp³-hybridized carbons (Fsp3) is 0.435. The zero-order chi connectivity index (χ0) is 19.3. The number of hydrogen-bond acceptors (Lipinski definition) is 4. The molecular weight excluding hydrogens is 354 g/mol. The molecule has 0 unspecified atom stereocenters. The number of para-hydroxylation sites is 1. The molecule has 4 rings (SSSR count). The van der Waals surface area contributed by atoms with E-state index < -0.39 is 0 Å². The first kappa shape index (κ1) is 18.7. The third-order valence-electron chi connectivity index (χ3n) is 5.40. The second kappa shape index (κ2) is 8.55. The van der Waals surface area contributed by atoms with Crippen LogP contribution in [0, 0.1) is 6.92 Å². The summed E-state index contributed by atoms with van der Waals surface area (Å²) in [6.45, 7) is 4.55. The Balaban J connectivity index is 1.39. The van der Waals surface area contributed by atoms with Gasteiger partial charge < -0.3 is 19.1 Å². The molecule has 148 valence electrons. The van der Waals surface area contributed by atoms with Gasteiger partial charge in [0.05, 0.1) is 32.3 Å². The smallest absolute Gasteiger partial charge is 0.226 e. The standard InChI is InChI=1S/C23H27NO4/c1-17-6-2-3-8-20(17)28-15-11-23(25)24-12-4-7-19(24)18-9-10-21-22(16-18)27-14-5-13-26-21/h2-3,6,8-10,16,19H,4-5,7,11-15H2,1H3/t19-/m1/s1. The molecule has 1 fully saturated rings. The van der Waals surface area contributed by atoms with E-state index in [1.807, 2.05) is 48.2 Å². The summed E-state index contributed by atoms with van der Waals surface area (Å²) in [5, 5.41) is 0. The van der Waals surface area contributed by atoms with E-state index in [0.717, 1.165) is 54.2 Å². The van der Waals surface area contributed by atoms with Crippen molar-refractivity contribution in [2.45, 2.75) is 38.6 Å². The molecule has 2 heterocycles. The molecule has 2 aromatic rings. The third-order valence-corrected chi connectivity index (χ3v) is 5.40. The first-order valence-corrected chi connectivity index (χ1v) is 10.1. The monoisotopic (exact) mass is 381 g/mol. The lowest BCUT2D eigenvalue weighted by Gasteiger charge is -2.26. The van der Waals surface area contributed by atoms with Gasteiger partial charge in [0.25, 0.3) is 0 Å². The topological polar surface area (TPSA) is 48.0 Å². The van der Waals surface area contributed by atoms with Gasteiger partial charge in [0, 0.05) is 13.0 Å². The lowest BCUT2D eigenvalue weighted by Crippen LogP contribution is -2.31. The van der Waals surface area contributed by atoms with E-state index in [0.29, 0.717) is 26.2 Å². The average Bonchev–Trinajstić information content (AvgIpc) is 3.08. The van der Waals surface area contributed by atoms with Crippen molar-refractivity contribution in [3.05, 3.63) is 53.6 Å². The maximum Gasteiger partial charge on any atom is 0.226 e. The van der Waals surface area contributed by atoms with Gasteiger partial charge >= 0.3 is 0 Å². The van der Waals surface area contributed by atoms with Crippen LogP contribution in [0.3, 0.4) is 0 Å². The Morgan fingerprint density at radius 2 is 1.93 bits per heavy atom. The van der Waals surface area contributed by atoms with Gasteiger partial charge in [0.2, 0.25) is 5.91 Å². The van der Waals surface area contributed by atoms with Crippen LogP contribution in [0.25, 0.3) is 0 Å². The van der Waals surface area contributed by atoms with Gasteiger partial charge in [-0.3, -0.25) is 4.79 Å². The van der Waals surface area contributed by atoms with Crippen LogP contribution in [0.5, 0.6) is 17.2 Å². The van der Waals surface area contributed by atoms with Crippen LogP contribution in [0.1, 0.15) is 42.9 Å². The Hall–Kier alpha value is -2.69. The number of aryl methyl sites for hydroxylation is 1. The fourth-order valence-corrected chi connectivity index (χ4v) is 3.91. The molecule has 0 spiro atoms. The molecule has 0 saturated carbocycles. The van der Waals surface area contributed by atoms with E-state index in [1.54, 1.807) is 0 Å². The van der Waals surface area contributed by atoms with Crippen LogP contribution in [-0.4, -0.2) is 37.2 Å². The summed E-state index contributed by atoms with van der Waals surface area (Å²) >= 11 is 0. The van der Waals surface area contributed by atoms with Gasteiger partial charge in [-0.25, -0.2) is 0 Å². The largest absolute Gasteiger partial charge is 0.493 e. The van der Waals surface area contributed by atoms with Gasteiger partial charge in [-0.05, 0) is 49.1 Å². The van der Waals surface area contributed by atoms with Gasteiger partial charge in [-0.2, -0.15) is 0 Å². The summed E-state index contributed by atoms with van der Waals surface area (Å²) in [6, 6.07) is 14.1. The molecule has 5 nitrogen and oxygen atoms in total. The average molecular weight is 381 g/mol. The molecule has 2 aromatic carbocycles. The molecule has 1 amide bonds. The van der Waals surface area contributed by atoms with Crippen LogP contribution < -0.4 is 14.2 Å². The SMILES string of the molecule is Cc1ccccc1OCCC(=O)N1CCC[C@@H]1c1ccc2c(c1)OCCCO2. The van der Waals surface area contributed by atoms with Crippen molar-refractivity contribution in [2.24, 2.45) is 0 Å². The highest BCUT2D eigenvalue weighted by molar-refractivity contribution is 5.77. The minimum Gasteiger partial charge on any atom is -0.493 e. The van der Waals surface area contributed by atoms with E-state index in [9.17, 15) is 4.79 Å². The zero-order valence-corrected chi connectivity index (χ0v) is 16.4. The first-order valence-electron chi connectivity index (χ1n) is 10.1. The minimum atomic E-state index is 0.100. The summed E-state index contributed by atoms with van der Waals surface area (Å²) in [7, 11) is 0.